The van der Waals surface area contributed by atoms with Gasteiger partial charge in [0, 0.05) is 13.1 Å². The van der Waals surface area contributed by atoms with Gasteiger partial charge in [-0.2, -0.15) is 4.31 Å². The van der Waals surface area contributed by atoms with Gasteiger partial charge in [0.2, 0.25) is 10.0 Å². The molecule has 0 radical (unpaired) electrons. The predicted octanol–water partition coefficient (Wildman–Crippen LogP) is 1.49. The summed E-state index contributed by atoms with van der Waals surface area (Å²) in [5.74, 6) is 2.90. The summed E-state index contributed by atoms with van der Waals surface area (Å²) in [4.78, 5) is 0.316. The van der Waals surface area contributed by atoms with Gasteiger partial charge < -0.3 is 5.73 Å². The van der Waals surface area contributed by atoms with Gasteiger partial charge in [0.05, 0.1) is 11.4 Å². The SMILES string of the molecule is C#CCN(CC1CC1)S(=O)(=O)c1cccc(CN)c1C. The Morgan fingerprint density at radius 3 is 2.70 bits per heavy atom. The fourth-order valence-electron chi connectivity index (χ4n) is 2.24. The molecule has 1 aliphatic carbocycles. The van der Waals surface area contributed by atoms with E-state index in [1.807, 2.05) is 6.07 Å². The van der Waals surface area contributed by atoms with E-state index < -0.39 is 10.0 Å². The zero-order valence-electron chi connectivity index (χ0n) is 11.7. The molecular formula is C15H20N2O2S. The number of hydrogen-bond acceptors (Lipinski definition) is 3. The molecule has 1 fully saturated rings. The molecule has 0 aromatic heterocycles. The maximum Gasteiger partial charge on any atom is 0.244 e. The second-order valence-electron chi connectivity index (χ2n) is 5.19. The van der Waals surface area contributed by atoms with Gasteiger partial charge in [0.15, 0.2) is 0 Å². The first-order chi connectivity index (χ1) is 9.50. The van der Waals surface area contributed by atoms with Crippen molar-refractivity contribution in [3.05, 3.63) is 29.3 Å². The number of nitrogens with two attached hydrogens (primary N) is 1. The molecule has 0 bridgehead atoms. The van der Waals surface area contributed by atoms with Crippen LogP contribution in [0.3, 0.4) is 0 Å². The molecule has 1 saturated carbocycles. The second kappa shape index (κ2) is 5.96. The summed E-state index contributed by atoms with van der Waals surface area (Å²) in [6.45, 7) is 2.75. The second-order valence-corrected chi connectivity index (χ2v) is 7.10. The average molecular weight is 292 g/mol. The number of nitrogens with zero attached hydrogens (tertiary/aromatic N) is 1. The van der Waals surface area contributed by atoms with E-state index in [9.17, 15) is 8.42 Å². The lowest BCUT2D eigenvalue weighted by Gasteiger charge is -2.21. The summed E-state index contributed by atoms with van der Waals surface area (Å²) in [7, 11) is -3.55. The van der Waals surface area contributed by atoms with Crippen LogP contribution in [0.1, 0.15) is 24.0 Å². The first kappa shape index (κ1) is 15.0. The fraction of sp³-hybridized carbons (Fsp3) is 0.467. The Morgan fingerprint density at radius 2 is 2.15 bits per heavy atom. The van der Waals surface area contributed by atoms with Crippen LogP contribution < -0.4 is 5.73 Å². The molecule has 0 heterocycles. The number of sulfonamides is 1. The molecule has 2 rings (SSSR count). The van der Waals surface area contributed by atoms with Crippen LogP contribution >= 0.6 is 0 Å². The van der Waals surface area contributed by atoms with Crippen LogP contribution in [0.15, 0.2) is 23.1 Å². The molecule has 0 amide bonds. The van der Waals surface area contributed by atoms with Crippen molar-refractivity contribution in [2.45, 2.75) is 31.2 Å². The summed E-state index contributed by atoms with van der Waals surface area (Å²) in [6, 6.07) is 5.20. The third-order valence-electron chi connectivity index (χ3n) is 3.66. The standard InChI is InChI=1S/C15H20N2O2S/c1-3-9-17(11-13-7-8-13)20(18,19)15-6-4-5-14(10-16)12(15)2/h1,4-6,13H,7-11,16H2,2H3. The lowest BCUT2D eigenvalue weighted by molar-refractivity contribution is 0.429. The van der Waals surface area contributed by atoms with Crippen LogP contribution in [0.2, 0.25) is 0 Å². The molecule has 1 aromatic carbocycles. The first-order valence-electron chi connectivity index (χ1n) is 6.73. The van der Waals surface area contributed by atoms with E-state index in [-0.39, 0.29) is 6.54 Å². The zero-order valence-corrected chi connectivity index (χ0v) is 12.5. The number of terminal acetylenes is 1. The van der Waals surface area contributed by atoms with Gasteiger partial charge in [-0.05, 0) is 42.9 Å². The third-order valence-corrected chi connectivity index (χ3v) is 5.62. The van der Waals surface area contributed by atoms with E-state index in [1.54, 1.807) is 19.1 Å². The molecule has 108 valence electrons. The minimum atomic E-state index is -3.55. The number of rotatable bonds is 6. The minimum absolute atomic E-state index is 0.116. The van der Waals surface area contributed by atoms with Gasteiger partial charge in [0.1, 0.15) is 0 Å². The molecule has 0 spiro atoms. The van der Waals surface area contributed by atoms with Gasteiger partial charge in [-0.25, -0.2) is 8.42 Å². The first-order valence-corrected chi connectivity index (χ1v) is 8.17. The lowest BCUT2D eigenvalue weighted by Crippen LogP contribution is -2.34. The average Bonchev–Trinajstić information content (AvgIpc) is 3.22. The van der Waals surface area contributed by atoms with Crippen LogP contribution in [0.4, 0.5) is 0 Å². The highest BCUT2D eigenvalue weighted by Crippen LogP contribution is 2.32. The Balaban J connectivity index is 2.39. The topological polar surface area (TPSA) is 63.4 Å². The van der Waals surface area contributed by atoms with E-state index in [1.165, 1.54) is 4.31 Å². The van der Waals surface area contributed by atoms with Crippen molar-refractivity contribution >= 4 is 10.0 Å². The van der Waals surface area contributed by atoms with Gasteiger partial charge in [-0.15, -0.1) is 6.42 Å². The van der Waals surface area contributed by atoms with Crippen molar-refractivity contribution in [3.63, 3.8) is 0 Å². The molecule has 0 unspecified atom stereocenters. The fourth-order valence-corrected chi connectivity index (χ4v) is 3.94. The smallest absolute Gasteiger partial charge is 0.244 e. The van der Waals surface area contributed by atoms with Gasteiger partial charge in [-0.3, -0.25) is 0 Å². The summed E-state index contributed by atoms with van der Waals surface area (Å²) in [5, 5.41) is 0. The molecule has 4 nitrogen and oxygen atoms in total. The molecule has 0 aliphatic heterocycles. The Hall–Kier alpha value is -1.35. The summed E-state index contributed by atoms with van der Waals surface area (Å²) < 4.78 is 26.9. The summed E-state index contributed by atoms with van der Waals surface area (Å²) in [5.41, 5.74) is 7.21. The summed E-state index contributed by atoms with van der Waals surface area (Å²) in [6.07, 6.45) is 7.48. The zero-order chi connectivity index (χ0) is 14.8. The molecule has 20 heavy (non-hydrogen) atoms. The lowest BCUT2D eigenvalue weighted by atomic mass is 10.1. The van der Waals surface area contributed by atoms with Crippen molar-refractivity contribution in [2.24, 2.45) is 11.7 Å². The molecule has 5 heteroatoms. The maximum atomic E-state index is 12.8. The maximum absolute atomic E-state index is 12.8. The highest BCUT2D eigenvalue weighted by molar-refractivity contribution is 7.89. The quantitative estimate of drug-likeness (QED) is 0.808. The highest BCUT2D eigenvalue weighted by Gasteiger charge is 2.32. The van der Waals surface area contributed by atoms with Crippen LogP contribution in [-0.4, -0.2) is 25.8 Å². The van der Waals surface area contributed by atoms with Gasteiger partial charge in [0.25, 0.3) is 0 Å². The van der Waals surface area contributed by atoms with Crippen LogP contribution in [0.25, 0.3) is 0 Å². The van der Waals surface area contributed by atoms with Crippen molar-refractivity contribution in [3.8, 4) is 12.3 Å². The Bertz CT molecular complexity index is 628. The normalized spacial score (nSPS) is 15.3. The number of benzene rings is 1. The summed E-state index contributed by atoms with van der Waals surface area (Å²) >= 11 is 0. The van der Waals surface area contributed by atoms with Crippen LogP contribution in [0.5, 0.6) is 0 Å². The molecule has 0 atom stereocenters. The molecule has 1 aliphatic rings. The molecule has 1 aromatic rings. The van der Waals surface area contributed by atoms with E-state index in [0.717, 1.165) is 18.4 Å². The van der Waals surface area contributed by atoms with Crippen molar-refractivity contribution in [1.29, 1.82) is 0 Å². The van der Waals surface area contributed by atoms with Crippen LogP contribution in [-0.2, 0) is 16.6 Å². The minimum Gasteiger partial charge on any atom is -0.326 e. The Morgan fingerprint density at radius 1 is 1.45 bits per heavy atom. The Labute approximate surface area is 121 Å². The monoisotopic (exact) mass is 292 g/mol. The van der Waals surface area contributed by atoms with E-state index in [2.05, 4.69) is 5.92 Å². The van der Waals surface area contributed by atoms with Crippen molar-refractivity contribution in [1.82, 2.24) is 4.31 Å². The molecular weight excluding hydrogens is 272 g/mol. The molecule has 0 saturated heterocycles. The predicted molar refractivity (Wildman–Crippen MR) is 79.4 cm³/mol. The van der Waals surface area contributed by atoms with Gasteiger partial charge >= 0.3 is 0 Å². The van der Waals surface area contributed by atoms with Crippen molar-refractivity contribution in [2.75, 3.05) is 13.1 Å². The number of hydrogen-bond donors (Lipinski definition) is 1. The van der Waals surface area contributed by atoms with Crippen molar-refractivity contribution < 1.29 is 8.42 Å². The Kier molecular flexibility index (Phi) is 4.48. The molecule has 2 N–H and O–H groups in total. The van der Waals surface area contributed by atoms with E-state index >= 15 is 0 Å². The van der Waals surface area contributed by atoms with Gasteiger partial charge in [-0.1, -0.05) is 18.1 Å². The third kappa shape index (κ3) is 3.04. The largest absolute Gasteiger partial charge is 0.326 e. The van der Waals surface area contributed by atoms with Crippen LogP contribution in [0, 0.1) is 25.2 Å². The van der Waals surface area contributed by atoms with E-state index in [0.29, 0.717) is 29.5 Å². The highest BCUT2D eigenvalue weighted by atomic mass is 32.2. The van der Waals surface area contributed by atoms with E-state index in [4.69, 9.17) is 12.2 Å².